The van der Waals surface area contributed by atoms with E-state index in [1.54, 1.807) is 11.3 Å². The van der Waals surface area contributed by atoms with Crippen molar-refractivity contribution < 1.29 is 4.74 Å². The van der Waals surface area contributed by atoms with Crippen molar-refractivity contribution in [2.75, 3.05) is 18.0 Å². The Morgan fingerprint density at radius 2 is 2.10 bits per heavy atom. The molecule has 1 aliphatic carbocycles. The van der Waals surface area contributed by atoms with Crippen LogP contribution in [-0.2, 0) is 4.74 Å². The average molecular weight is 309 g/mol. The van der Waals surface area contributed by atoms with Crippen molar-refractivity contribution in [2.45, 2.75) is 71.0 Å². The molecule has 0 amide bonds. The van der Waals surface area contributed by atoms with E-state index in [2.05, 4.69) is 35.9 Å². The molecule has 1 saturated carbocycles. The maximum absolute atomic E-state index is 6.33. The summed E-state index contributed by atoms with van der Waals surface area (Å²) in [5.74, 6) is 1.25. The molecule has 1 aromatic heterocycles. The van der Waals surface area contributed by atoms with Gasteiger partial charge in [-0.05, 0) is 25.2 Å². The molecule has 2 aliphatic rings. The highest BCUT2D eigenvalue weighted by atomic mass is 32.1. The van der Waals surface area contributed by atoms with E-state index in [1.807, 2.05) is 0 Å². The number of unbranched alkanes of at least 4 members (excludes halogenated alkanes) is 1. The Morgan fingerprint density at radius 3 is 2.71 bits per heavy atom. The van der Waals surface area contributed by atoms with Gasteiger partial charge in [0.1, 0.15) is 5.01 Å². The highest BCUT2D eigenvalue weighted by molar-refractivity contribution is 7.15. The van der Waals surface area contributed by atoms with Crippen molar-refractivity contribution >= 4 is 16.5 Å². The van der Waals surface area contributed by atoms with E-state index < -0.39 is 0 Å². The summed E-state index contributed by atoms with van der Waals surface area (Å²) in [6, 6.07) is 0. The van der Waals surface area contributed by atoms with Gasteiger partial charge < -0.3 is 9.64 Å². The van der Waals surface area contributed by atoms with Gasteiger partial charge in [0.15, 0.2) is 0 Å². The van der Waals surface area contributed by atoms with Gasteiger partial charge in [0.2, 0.25) is 5.13 Å². The summed E-state index contributed by atoms with van der Waals surface area (Å²) in [5, 5.41) is 11.0. The number of ether oxygens (including phenoxy) is 1. The first-order valence-electron chi connectivity index (χ1n) is 8.41. The Labute approximate surface area is 131 Å². The topological polar surface area (TPSA) is 38.2 Å². The van der Waals surface area contributed by atoms with Crippen LogP contribution in [0.2, 0.25) is 0 Å². The summed E-state index contributed by atoms with van der Waals surface area (Å²) < 4.78 is 6.33. The minimum Gasteiger partial charge on any atom is -0.371 e. The lowest BCUT2D eigenvalue weighted by molar-refractivity contribution is -0.0410. The highest BCUT2D eigenvalue weighted by Crippen LogP contribution is 2.38. The lowest BCUT2D eigenvalue weighted by Gasteiger charge is -2.38. The van der Waals surface area contributed by atoms with E-state index in [9.17, 15) is 0 Å². The number of anilines is 1. The van der Waals surface area contributed by atoms with Crippen LogP contribution in [0.15, 0.2) is 0 Å². The largest absolute Gasteiger partial charge is 0.371 e. The third kappa shape index (κ3) is 3.75. The third-order valence-corrected chi connectivity index (χ3v) is 5.70. The van der Waals surface area contributed by atoms with E-state index >= 15 is 0 Å². The van der Waals surface area contributed by atoms with Gasteiger partial charge in [0, 0.05) is 19.0 Å². The SMILES string of the molecule is CCCC[C@@H]1CN(c2nnc(C(C)C)s2)C[C@H](C2CC2)O1. The number of nitrogens with zero attached hydrogens (tertiary/aromatic N) is 3. The normalized spacial score (nSPS) is 26.6. The zero-order valence-electron chi connectivity index (χ0n) is 13.4. The van der Waals surface area contributed by atoms with Crippen molar-refractivity contribution in [1.82, 2.24) is 10.2 Å². The van der Waals surface area contributed by atoms with Gasteiger partial charge in [-0.15, -0.1) is 10.2 Å². The van der Waals surface area contributed by atoms with Crippen LogP contribution in [0.1, 0.15) is 63.8 Å². The van der Waals surface area contributed by atoms with Crippen LogP contribution >= 0.6 is 11.3 Å². The first-order chi connectivity index (χ1) is 10.2. The molecule has 0 aromatic carbocycles. The second kappa shape index (κ2) is 6.61. The maximum atomic E-state index is 6.33. The summed E-state index contributed by atoms with van der Waals surface area (Å²) in [7, 11) is 0. The van der Waals surface area contributed by atoms with Crippen molar-refractivity contribution in [1.29, 1.82) is 0 Å². The van der Waals surface area contributed by atoms with Gasteiger partial charge in [-0.2, -0.15) is 0 Å². The number of rotatable bonds is 6. The summed E-state index contributed by atoms with van der Waals surface area (Å²) in [4.78, 5) is 2.43. The highest BCUT2D eigenvalue weighted by Gasteiger charge is 2.39. The van der Waals surface area contributed by atoms with Crippen LogP contribution in [0, 0.1) is 5.92 Å². The summed E-state index contributed by atoms with van der Waals surface area (Å²) in [5.41, 5.74) is 0. The van der Waals surface area contributed by atoms with E-state index in [-0.39, 0.29) is 0 Å². The second-order valence-electron chi connectivity index (χ2n) is 6.76. The zero-order chi connectivity index (χ0) is 14.8. The molecule has 1 saturated heterocycles. The minimum atomic E-state index is 0.371. The monoisotopic (exact) mass is 309 g/mol. The molecule has 2 atom stereocenters. The first kappa shape index (κ1) is 15.2. The predicted molar refractivity (Wildman–Crippen MR) is 87.1 cm³/mol. The van der Waals surface area contributed by atoms with Crippen molar-refractivity contribution in [3.05, 3.63) is 5.01 Å². The molecule has 2 heterocycles. The minimum absolute atomic E-state index is 0.371. The Hall–Kier alpha value is -0.680. The van der Waals surface area contributed by atoms with Crippen LogP contribution in [-0.4, -0.2) is 35.5 Å². The zero-order valence-corrected chi connectivity index (χ0v) is 14.2. The lowest BCUT2D eigenvalue weighted by atomic mass is 10.1. The summed E-state index contributed by atoms with van der Waals surface area (Å²) >= 11 is 1.76. The van der Waals surface area contributed by atoms with E-state index in [1.165, 1.54) is 32.1 Å². The molecule has 3 rings (SSSR count). The molecule has 2 fully saturated rings. The number of morpholine rings is 1. The number of hydrogen-bond donors (Lipinski definition) is 0. The molecular formula is C16H27N3OS. The quantitative estimate of drug-likeness (QED) is 0.800. The number of aromatic nitrogens is 2. The Kier molecular flexibility index (Phi) is 4.79. The maximum Gasteiger partial charge on any atom is 0.208 e. The molecule has 0 bridgehead atoms. The van der Waals surface area contributed by atoms with Crippen molar-refractivity contribution in [3.8, 4) is 0 Å². The smallest absolute Gasteiger partial charge is 0.208 e. The van der Waals surface area contributed by atoms with E-state index in [0.717, 1.165) is 29.1 Å². The Morgan fingerprint density at radius 1 is 1.29 bits per heavy atom. The fourth-order valence-corrected chi connectivity index (χ4v) is 3.80. The molecule has 21 heavy (non-hydrogen) atoms. The van der Waals surface area contributed by atoms with Crippen molar-refractivity contribution in [3.63, 3.8) is 0 Å². The second-order valence-corrected chi connectivity index (χ2v) is 7.75. The molecule has 4 nitrogen and oxygen atoms in total. The van der Waals surface area contributed by atoms with Gasteiger partial charge in [-0.1, -0.05) is 44.9 Å². The van der Waals surface area contributed by atoms with Gasteiger partial charge in [-0.25, -0.2) is 0 Å². The van der Waals surface area contributed by atoms with Crippen LogP contribution in [0.3, 0.4) is 0 Å². The molecule has 118 valence electrons. The molecule has 0 unspecified atom stereocenters. The van der Waals surface area contributed by atoms with E-state index in [0.29, 0.717) is 18.1 Å². The Bertz CT molecular complexity index is 458. The van der Waals surface area contributed by atoms with Gasteiger partial charge in [0.25, 0.3) is 0 Å². The van der Waals surface area contributed by atoms with E-state index in [4.69, 9.17) is 4.74 Å². The van der Waals surface area contributed by atoms with Crippen LogP contribution in [0.25, 0.3) is 0 Å². The Balaban J connectivity index is 1.69. The van der Waals surface area contributed by atoms with Crippen LogP contribution in [0.4, 0.5) is 5.13 Å². The predicted octanol–water partition coefficient (Wildman–Crippen LogP) is 3.84. The molecular weight excluding hydrogens is 282 g/mol. The molecule has 0 spiro atoms. The lowest BCUT2D eigenvalue weighted by Crippen LogP contribution is -2.48. The summed E-state index contributed by atoms with van der Waals surface area (Å²) in [6.07, 6.45) is 7.13. The van der Waals surface area contributed by atoms with Gasteiger partial charge >= 0.3 is 0 Å². The van der Waals surface area contributed by atoms with Crippen molar-refractivity contribution in [2.24, 2.45) is 5.92 Å². The molecule has 1 aromatic rings. The fourth-order valence-electron chi connectivity index (χ4n) is 2.93. The number of hydrogen-bond acceptors (Lipinski definition) is 5. The fraction of sp³-hybridized carbons (Fsp3) is 0.875. The van der Waals surface area contributed by atoms with Crippen LogP contribution < -0.4 is 4.90 Å². The van der Waals surface area contributed by atoms with Gasteiger partial charge in [0.05, 0.1) is 12.2 Å². The van der Waals surface area contributed by atoms with Gasteiger partial charge in [-0.3, -0.25) is 0 Å². The summed E-state index contributed by atoms with van der Waals surface area (Å²) in [6.45, 7) is 8.59. The molecule has 5 heteroatoms. The first-order valence-corrected chi connectivity index (χ1v) is 9.22. The standard InChI is InChI=1S/C16H27N3OS/c1-4-5-6-13-9-19(10-14(20-13)12-7-8-12)16-18-17-15(21-16)11(2)3/h11-14H,4-10H2,1-3H3/t13-,14-/m1/s1. The molecule has 0 radical (unpaired) electrons. The molecule has 1 aliphatic heterocycles. The molecule has 0 N–H and O–H groups in total. The average Bonchev–Trinajstić information content (AvgIpc) is 3.21. The third-order valence-electron chi connectivity index (χ3n) is 4.41. The van der Waals surface area contributed by atoms with Crippen LogP contribution in [0.5, 0.6) is 0 Å².